The zero-order valence-electron chi connectivity index (χ0n) is 18.5. The standard InChI is InChI=1S/C25H30N4O2/c1-18-8-6-10-21(14-18)29-19(2)23(16-27-29)25(30)26-17-24(28-12-4-5-13-28)20-9-7-11-22(15-20)31-3/h6-11,14-16,24H,4-5,12-13,17H2,1-3H3,(H,26,30)/t24-/m1/s1. The lowest BCUT2D eigenvalue weighted by atomic mass is 10.0. The summed E-state index contributed by atoms with van der Waals surface area (Å²) in [7, 11) is 1.68. The van der Waals surface area contributed by atoms with E-state index in [0.717, 1.165) is 41.3 Å². The number of aryl methyl sites for hydroxylation is 1. The molecule has 1 N–H and O–H groups in total. The van der Waals surface area contributed by atoms with Crippen molar-refractivity contribution >= 4 is 5.91 Å². The summed E-state index contributed by atoms with van der Waals surface area (Å²) in [6, 6.07) is 16.4. The minimum Gasteiger partial charge on any atom is -0.497 e. The molecule has 1 aliphatic rings. The zero-order chi connectivity index (χ0) is 21.8. The average Bonchev–Trinajstić information content (AvgIpc) is 3.44. The molecule has 1 fully saturated rings. The first kappa shape index (κ1) is 21.1. The van der Waals surface area contributed by atoms with E-state index in [-0.39, 0.29) is 11.9 Å². The number of carbonyl (C=O) groups excluding carboxylic acids is 1. The van der Waals surface area contributed by atoms with Gasteiger partial charge in [-0.3, -0.25) is 9.69 Å². The maximum absolute atomic E-state index is 13.0. The van der Waals surface area contributed by atoms with Gasteiger partial charge in [0, 0.05) is 6.54 Å². The second-order valence-electron chi connectivity index (χ2n) is 8.14. The van der Waals surface area contributed by atoms with Crippen LogP contribution in [0.2, 0.25) is 0 Å². The number of amides is 1. The van der Waals surface area contributed by atoms with Crippen LogP contribution < -0.4 is 10.1 Å². The van der Waals surface area contributed by atoms with Gasteiger partial charge in [-0.05, 0) is 75.2 Å². The summed E-state index contributed by atoms with van der Waals surface area (Å²) >= 11 is 0. The predicted molar refractivity (Wildman–Crippen MR) is 122 cm³/mol. The van der Waals surface area contributed by atoms with Gasteiger partial charge in [-0.25, -0.2) is 4.68 Å². The van der Waals surface area contributed by atoms with E-state index < -0.39 is 0 Å². The number of carbonyl (C=O) groups is 1. The summed E-state index contributed by atoms with van der Waals surface area (Å²) in [6.07, 6.45) is 4.04. The molecule has 3 aromatic rings. The molecule has 6 nitrogen and oxygen atoms in total. The van der Waals surface area contributed by atoms with Crippen molar-refractivity contribution < 1.29 is 9.53 Å². The molecule has 1 amide bonds. The van der Waals surface area contributed by atoms with Crippen LogP contribution in [0, 0.1) is 13.8 Å². The first-order chi connectivity index (χ1) is 15.1. The summed E-state index contributed by atoms with van der Waals surface area (Å²) < 4.78 is 7.24. The van der Waals surface area contributed by atoms with Gasteiger partial charge in [0.1, 0.15) is 5.75 Å². The number of aromatic nitrogens is 2. The van der Waals surface area contributed by atoms with Crippen LogP contribution in [0.4, 0.5) is 0 Å². The molecule has 0 spiro atoms. The Bertz CT molecular complexity index is 1050. The van der Waals surface area contributed by atoms with Crippen molar-refractivity contribution in [2.75, 3.05) is 26.7 Å². The largest absolute Gasteiger partial charge is 0.497 e. The van der Waals surface area contributed by atoms with Crippen LogP contribution in [-0.2, 0) is 0 Å². The number of nitrogens with zero attached hydrogens (tertiary/aromatic N) is 3. The lowest BCUT2D eigenvalue weighted by Gasteiger charge is -2.28. The smallest absolute Gasteiger partial charge is 0.254 e. The molecule has 1 atom stereocenters. The van der Waals surface area contributed by atoms with E-state index in [1.54, 1.807) is 13.3 Å². The van der Waals surface area contributed by atoms with Crippen LogP contribution in [-0.4, -0.2) is 47.3 Å². The first-order valence-electron chi connectivity index (χ1n) is 10.8. The highest BCUT2D eigenvalue weighted by atomic mass is 16.5. The Kier molecular flexibility index (Phi) is 6.37. The molecule has 1 aromatic heterocycles. The molecule has 162 valence electrons. The molecular formula is C25H30N4O2. The molecule has 1 aliphatic heterocycles. The van der Waals surface area contributed by atoms with Gasteiger partial charge in [0.15, 0.2) is 0 Å². The van der Waals surface area contributed by atoms with Crippen LogP contribution in [0.5, 0.6) is 5.75 Å². The number of hydrogen-bond donors (Lipinski definition) is 1. The van der Waals surface area contributed by atoms with Gasteiger partial charge >= 0.3 is 0 Å². The summed E-state index contributed by atoms with van der Waals surface area (Å²) in [5.74, 6) is 0.742. The molecule has 0 unspecified atom stereocenters. The van der Waals surface area contributed by atoms with Gasteiger partial charge in [-0.2, -0.15) is 5.10 Å². The lowest BCUT2D eigenvalue weighted by molar-refractivity contribution is 0.0937. The van der Waals surface area contributed by atoms with E-state index in [9.17, 15) is 4.79 Å². The van der Waals surface area contributed by atoms with E-state index in [1.165, 1.54) is 12.8 Å². The summed E-state index contributed by atoms with van der Waals surface area (Å²) in [5, 5.41) is 7.62. The van der Waals surface area contributed by atoms with Crippen LogP contribution in [0.15, 0.2) is 54.7 Å². The number of ether oxygens (including phenoxy) is 1. The van der Waals surface area contributed by atoms with Crippen molar-refractivity contribution in [2.45, 2.75) is 32.7 Å². The predicted octanol–water partition coefficient (Wildman–Crippen LogP) is 4.06. The third-order valence-electron chi connectivity index (χ3n) is 6.02. The van der Waals surface area contributed by atoms with Gasteiger partial charge in [0.25, 0.3) is 5.91 Å². The van der Waals surface area contributed by atoms with E-state index in [4.69, 9.17) is 4.74 Å². The molecular weight excluding hydrogens is 388 g/mol. The maximum Gasteiger partial charge on any atom is 0.254 e. The lowest BCUT2D eigenvalue weighted by Crippen LogP contribution is -2.37. The van der Waals surface area contributed by atoms with Crippen LogP contribution in [0.3, 0.4) is 0 Å². The molecule has 2 aromatic carbocycles. The van der Waals surface area contributed by atoms with Crippen molar-refractivity contribution in [1.29, 1.82) is 0 Å². The van der Waals surface area contributed by atoms with Crippen molar-refractivity contribution in [1.82, 2.24) is 20.0 Å². The minimum atomic E-state index is -0.0940. The third-order valence-corrected chi connectivity index (χ3v) is 6.02. The monoisotopic (exact) mass is 418 g/mol. The molecule has 4 rings (SSSR count). The summed E-state index contributed by atoms with van der Waals surface area (Å²) in [6.45, 7) is 6.61. The van der Waals surface area contributed by atoms with E-state index in [1.807, 2.05) is 48.9 Å². The Morgan fingerprint density at radius 2 is 1.90 bits per heavy atom. The number of methoxy groups -OCH3 is 1. The van der Waals surface area contributed by atoms with Gasteiger partial charge in [-0.1, -0.05) is 24.3 Å². The molecule has 6 heteroatoms. The molecule has 2 heterocycles. The Labute approximate surface area is 183 Å². The van der Waals surface area contributed by atoms with Crippen molar-refractivity contribution in [3.8, 4) is 11.4 Å². The molecule has 0 bridgehead atoms. The number of hydrogen-bond acceptors (Lipinski definition) is 4. The van der Waals surface area contributed by atoms with E-state index in [2.05, 4.69) is 33.5 Å². The quantitative estimate of drug-likeness (QED) is 0.629. The molecule has 31 heavy (non-hydrogen) atoms. The third kappa shape index (κ3) is 4.64. The van der Waals surface area contributed by atoms with Crippen LogP contribution in [0.1, 0.15) is 46.1 Å². The maximum atomic E-state index is 13.0. The Balaban J connectivity index is 1.52. The minimum absolute atomic E-state index is 0.0940. The molecule has 0 saturated carbocycles. The molecule has 1 saturated heterocycles. The topological polar surface area (TPSA) is 59.4 Å². The summed E-state index contributed by atoms with van der Waals surface area (Å²) in [4.78, 5) is 15.5. The fraction of sp³-hybridized carbons (Fsp3) is 0.360. The SMILES string of the molecule is COc1cccc([C@@H](CNC(=O)c2cnn(-c3cccc(C)c3)c2C)N2CCCC2)c1. The van der Waals surface area contributed by atoms with Gasteiger partial charge in [-0.15, -0.1) is 0 Å². The van der Waals surface area contributed by atoms with Gasteiger partial charge in [0.05, 0.1) is 36.3 Å². The second kappa shape index (κ2) is 9.35. The highest BCUT2D eigenvalue weighted by Gasteiger charge is 2.25. The second-order valence-corrected chi connectivity index (χ2v) is 8.14. The van der Waals surface area contributed by atoms with Crippen molar-refractivity contribution in [3.05, 3.63) is 77.1 Å². The van der Waals surface area contributed by atoms with Crippen molar-refractivity contribution in [2.24, 2.45) is 0 Å². The number of nitrogens with one attached hydrogen (secondary N) is 1. The normalized spacial score (nSPS) is 15.1. The Morgan fingerprint density at radius 1 is 1.13 bits per heavy atom. The average molecular weight is 419 g/mol. The van der Waals surface area contributed by atoms with E-state index in [0.29, 0.717) is 12.1 Å². The summed E-state index contributed by atoms with van der Waals surface area (Å²) in [5.41, 5.74) is 4.72. The number of likely N-dealkylation sites (tertiary alicyclic amines) is 1. The van der Waals surface area contributed by atoms with Crippen LogP contribution in [0.25, 0.3) is 5.69 Å². The molecule has 0 radical (unpaired) electrons. The highest BCUT2D eigenvalue weighted by Crippen LogP contribution is 2.27. The first-order valence-corrected chi connectivity index (χ1v) is 10.8. The Morgan fingerprint density at radius 3 is 2.65 bits per heavy atom. The number of benzene rings is 2. The van der Waals surface area contributed by atoms with Crippen LogP contribution >= 0.6 is 0 Å². The van der Waals surface area contributed by atoms with Crippen molar-refractivity contribution in [3.63, 3.8) is 0 Å². The van der Waals surface area contributed by atoms with E-state index >= 15 is 0 Å². The fourth-order valence-corrected chi connectivity index (χ4v) is 4.30. The molecule has 0 aliphatic carbocycles. The van der Waals surface area contributed by atoms with Gasteiger partial charge < -0.3 is 10.1 Å². The fourth-order valence-electron chi connectivity index (χ4n) is 4.30. The number of rotatable bonds is 7. The zero-order valence-corrected chi connectivity index (χ0v) is 18.5. The highest BCUT2D eigenvalue weighted by molar-refractivity contribution is 5.95. The van der Waals surface area contributed by atoms with Gasteiger partial charge in [0.2, 0.25) is 0 Å². The Hall–Kier alpha value is -3.12.